The topological polar surface area (TPSA) is 93.8 Å². The SMILES string of the molecule is CN1CCCN(c2cc3c(cc2C=O)CN(C(=O)c2c(Sc4c(Cl)cccc4Cl)cc(C(F)(F)Cl)[nH]c2=O)C3)C1=O. The Balaban J connectivity index is 1.52. The lowest BCUT2D eigenvalue weighted by Gasteiger charge is -2.34. The van der Waals surface area contributed by atoms with Gasteiger partial charge in [-0.1, -0.05) is 41.0 Å². The van der Waals surface area contributed by atoms with Crippen molar-refractivity contribution in [1.29, 1.82) is 0 Å². The van der Waals surface area contributed by atoms with E-state index in [0.29, 0.717) is 36.2 Å². The average molecular weight is 642 g/mol. The van der Waals surface area contributed by atoms with Gasteiger partial charge in [-0.05, 0) is 59.5 Å². The maximum atomic E-state index is 14.0. The molecule has 214 valence electrons. The van der Waals surface area contributed by atoms with Gasteiger partial charge in [0.25, 0.3) is 11.5 Å². The second kappa shape index (κ2) is 11.3. The molecule has 0 spiro atoms. The first kappa shape index (κ1) is 29.4. The van der Waals surface area contributed by atoms with Gasteiger partial charge in [-0.15, -0.1) is 0 Å². The number of carbonyl (C=O) groups excluding carboxylic acids is 3. The van der Waals surface area contributed by atoms with Crippen LogP contribution in [0.25, 0.3) is 0 Å². The molecule has 2 aromatic carbocycles. The van der Waals surface area contributed by atoms with Crippen molar-refractivity contribution in [3.05, 3.63) is 84.7 Å². The van der Waals surface area contributed by atoms with Crippen LogP contribution in [0.1, 0.15) is 44.0 Å². The lowest BCUT2D eigenvalue weighted by Crippen LogP contribution is -2.47. The number of hydrogen-bond acceptors (Lipinski definition) is 5. The highest BCUT2D eigenvalue weighted by atomic mass is 35.5. The van der Waals surface area contributed by atoms with Gasteiger partial charge in [0, 0.05) is 48.6 Å². The molecule has 14 heteroatoms. The summed E-state index contributed by atoms with van der Waals surface area (Å²) in [6.45, 7) is 1.14. The quantitative estimate of drug-likeness (QED) is 0.250. The molecule has 0 radical (unpaired) electrons. The molecule has 41 heavy (non-hydrogen) atoms. The van der Waals surface area contributed by atoms with E-state index in [-0.39, 0.29) is 44.5 Å². The maximum Gasteiger partial charge on any atom is 0.362 e. The summed E-state index contributed by atoms with van der Waals surface area (Å²) in [4.78, 5) is 58.2. The number of nitrogens with one attached hydrogen (secondary N) is 1. The summed E-state index contributed by atoms with van der Waals surface area (Å²) >= 11 is 18.5. The second-order valence-electron chi connectivity index (χ2n) is 9.57. The molecule has 2 aliphatic rings. The molecule has 8 nitrogen and oxygen atoms in total. The molecule has 3 heterocycles. The number of benzene rings is 2. The Morgan fingerprint density at radius 3 is 2.37 bits per heavy atom. The van der Waals surface area contributed by atoms with Gasteiger partial charge in [0.1, 0.15) is 11.3 Å². The Morgan fingerprint density at radius 2 is 1.73 bits per heavy atom. The summed E-state index contributed by atoms with van der Waals surface area (Å²) in [5.74, 6) is -0.736. The highest BCUT2D eigenvalue weighted by Gasteiger charge is 2.35. The highest BCUT2D eigenvalue weighted by Crippen LogP contribution is 2.42. The largest absolute Gasteiger partial charge is 0.362 e. The third-order valence-electron chi connectivity index (χ3n) is 6.86. The molecule has 0 atom stereocenters. The number of halogens is 5. The van der Waals surface area contributed by atoms with E-state index >= 15 is 0 Å². The van der Waals surface area contributed by atoms with Gasteiger partial charge in [0.05, 0.1) is 15.7 Å². The van der Waals surface area contributed by atoms with Gasteiger partial charge in [-0.25, -0.2) is 4.79 Å². The number of carbonyl (C=O) groups is 3. The lowest BCUT2D eigenvalue weighted by molar-refractivity contribution is 0.0740. The van der Waals surface area contributed by atoms with Crippen molar-refractivity contribution in [2.75, 3.05) is 25.0 Å². The normalized spacial score (nSPS) is 15.4. The molecule has 5 rings (SSSR count). The van der Waals surface area contributed by atoms with Gasteiger partial charge in [0.15, 0.2) is 6.29 Å². The first-order chi connectivity index (χ1) is 19.4. The Kier molecular flexibility index (Phi) is 8.08. The van der Waals surface area contributed by atoms with Crippen LogP contribution >= 0.6 is 46.6 Å². The van der Waals surface area contributed by atoms with E-state index < -0.39 is 28.1 Å². The number of aromatic nitrogens is 1. The van der Waals surface area contributed by atoms with Crippen molar-refractivity contribution in [3.8, 4) is 0 Å². The monoisotopic (exact) mass is 640 g/mol. The molecule has 1 fully saturated rings. The first-order valence-corrected chi connectivity index (χ1v) is 14.2. The fourth-order valence-corrected chi connectivity index (χ4v) is 6.58. The average Bonchev–Trinajstić information content (AvgIpc) is 3.34. The molecular weight excluding hydrogens is 621 g/mol. The molecule has 1 N–H and O–H groups in total. The van der Waals surface area contributed by atoms with Gasteiger partial charge in [-0.2, -0.15) is 8.78 Å². The minimum absolute atomic E-state index is 0.0486. The van der Waals surface area contributed by atoms with Crippen LogP contribution in [-0.2, 0) is 18.5 Å². The van der Waals surface area contributed by atoms with Crippen LogP contribution in [0.5, 0.6) is 0 Å². The number of anilines is 1. The van der Waals surface area contributed by atoms with Crippen LogP contribution in [0.3, 0.4) is 0 Å². The molecule has 0 unspecified atom stereocenters. The summed E-state index contributed by atoms with van der Waals surface area (Å²) in [7, 11) is 1.68. The molecule has 0 bridgehead atoms. The standard InChI is InChI=1S/C27H21Cl3F2N4O4S/c1-34-6-3-7-36(26(34)40)19-9-15-12-35(11-14(15)8-16(19)13-37)25(39)22-20(10-21(27(30,31)32)33-24(22)38)41-23-17(28)4-2-5-18(23)29/h2,4-5,8-10,13H,3,6-7,11-12H2,1H3,(H,33,38). The Labute approximate surface area is 252 Å². The van der Waals surface area contributed by atoms with Crippen LogP contribution in [0.15, 0.2) is 51.0 Å². The number of amides is 3. The fraction of sp³-hybridized carbons (Fsp3) is 0.259. The number of alkyl halides is 3. The van der Waals surface area contributed by atoms with Crippen LogP contribution in [-0.4, -0.2) is 53.1 Å². The van der Waals surface area contributed by atoms with E-state index in [1.807, 2.05) is 4.98 Å². The van der Waals surface area contributed by atoms with E-state index in [1.165, 1.54) is 21.9 Å². The van der Waals surface area contributed by atoms with Gasteiger partial charge < -0.3 is 14.8 Å². The minimum Gasteiger partial charge on any atom is -0.330 e. The minimum atomic E-state index is -3.91. The smallest absolute Gasteiger partial charge is 0.330 e. The number of aromatic amines is 1. The molecule has 2 aliphatic heterocycles. The van der Waals surface area contributed by atoms with Crippen molar-refractivity contribution in [2.24, 2.45) is 0 Å². The number of hydrogen-bond donors (Lipinski definition) is 1. The van der Waals surface area contributed by atoms with Crippen molar-refractivity contribution in [1.82, 2.24) is 14.8 Å². The van der Waals surface area contributed by atoms with Gasteiger partial charge >= 0.3 is 11.4 Å². The second-order valence-corrected chi connectivity index (χ2v) is 11.9. The predicted molar refractivity (Wildman–Crippen MR) is 153 cm³/mol. The third-order valence-corrected chi connectivity index (χ3v) is 9.10. The van der Waals surface area contributed by atoms with Crippen molar-refractivity contribution in [2.45, 2.75) is 34.7 Å². The van der Waals surface area contributed by atoms with E-state index in [4.69, 9.17) is 34.8 Å². The van der Waals surface area contributed by atoms with Gasteiger partial charge in [0.2, 0.25) is 0 Å². The number of H-pyrrole nitrogens is 1. The van der Waals surface area contributed by atoms with Gasteiger partial charge in [-0.3, -0.25) is 19.3 Å². The van der Waals surface area contributed by atoms with Crippen LogP contribution in [0.4, 0.5) is 19.3 Å². The van der Waals surface area contributed by atoms with E-state index in [2.05, 4.69) is 0 Å². The molecule has 3 aromatic rings. The molecular formula is C27H21Cl3F2N4O4S. The zero-order valence-corrected chi connectivity index (χ0v) is 24.4. The molecule has 0 aliphatic carbocycles. The molecule has 0 saturated carbocycles. The number of pyridine rings is 1. The summed E-state index contributed by atoms with van der Waals surface area (Å²) in [5, 5.41) is -3.52. The summed E-state index contributed by atoms with van der Waals surface area (Å²) < 4.78 is 28.0. The number of urea groups is 1. The first-order valence-electron chi connectivity index (χ1n) is 12.3. The Hall–Kier alpha value is -3.12. The van der Waals surface area contributed by atoms with Crippen molar-refractivity contribution in [3.63, 3.8) is 0 Å². The van der Waals surface area contributed by atoms with Crippen LogP contribution in [0, 0.1) is 0 Å². The zero-order chi connectivity index (χ0) is 29.6. The molecule has 1 saturated heterocycles. The van der Waals surface area contributed by atoms with Crippen molar-refractivity contribution < 1.29 is 23.2 Å². The van der Waals surface area contributed by atoms with Crippen molar-refractivity contribution >= 4 is 70.5 Å². The van der Waals surface area contributed by atoms with Crippen LogP contribution in [0.2, 0.25) is 10.0 Å². The maximum absolute atomic E-state index is 14.0. The third kappa shape index (κ3) is 5.68. The predicted octanol–water partition coefficient (Wildman–Crippen LogP) is 6.35. The lowest BCUT2D eigenvalue weighted by atomic mass is 10.0. The molecule has 1 aromatic heterocycles. The molecule has 3 amide bonds. The van der Waals surface area contributed by atoms with E-state index in [1.54, 1.807) is 30.1 Å². The Bertz CT molecular complexity index is 1630. The van der Waals surface area contributed by atoms with E-state index in [9.17, 15) is 28.0 Å². The number of nitrogens with zero attached hydrogens (tertiary/aromatic N) is 3. The van der Waals surface area contributed by atoms with Crippen LogP contribution < -0.4 is 10.5 Å². The summed E-state index contributed by atoms with van der Waals surface area (Å²) in [5.41, 5.74) is -0.293. The number of aldehydes is 1. The van der Waals surface area contributed by atoms with E-state index in [0.717, 1.165) is 24.2 Å². The number of rotatable bonds is 6. The fourth-order valence-electron chi connectivity index (χ4n) is 4.84. The zero-order valence-electron chi connectivity index (χ0n) is 21.3. The highest BCUT2D eigenvalue weighted by molar-refractivity contribution is 7.99. The Morgan fingerprint density at radius 1 is 1.07 bits per heavy atom. The summed E-state index contributed by atoms with van der Waals surface area (Å²) in [6, 6.07) is 8.66. The number of fused-ring (bicyclic) bond motifs is 1. The summed E-state index contributed by atoms with van der Waals surface area (Å²) in [6.07, 6.45) is 1.37.